The first-order valence-electron chi connectivity index (χ1n) is 10.2. The van der Waals surface area contributed by atoms with Crippen LogP contribution >= 0.6 is 11.8 Å². The van der Waals surface area contributed by atoms with Crippen LogP contribution in [0.15, 0.2) is 42.5 Å². The van der Waals surface area contributed by atoms with Gasteiger partial charge in [-0.1, -0.05) is 23.9 Å². The molecule has 0 bridgehead atoms. The average molecular weight is 440 g/mol. The van der Waals surface area contributed by atoms with E-state index in [0.29, 0.717) is 36.3 Å². The molecule has 31 heavy (non-hydrogen) atoms. The standard InChI is InChI=1S/C23H25N3O4S/c1-23(9-8-16-13-18(29-14-27)6-7-19(16)30-23)10-11-28-17-4-2-15(3-5-17)12-20-21(24)26-22(25)31-20/h2-7,13-14,20H,8-12H2,1H3,(H3,24,25,26). The van der Waals surface area contributed by atoms with Gasteiger partial charge in [0, 0.05) is 6.42 Å². The molecule has 0 saturated carbocycles. The fourth-order valence-corrected chi connectivity index (χ4v) is 4.67. The Hall–Kier alpha value is -3.00. The van der Waals surface area contributed by atoms with Crippen LogP contribution in [0.2, 0.25) is 0 Å². The molecular formula is C23H25N3O4S. The zero-order chi connectivity index (χ0) is 21.8. The van der Waals surface area contributed by atoms with E-state index in [0.717, 1.165) is 41.9 Å². The zero-order valence-electron chi connectivity index (χ0n) is 17.3. The number of carbonyl (C=O) groups is 1. The first-order valence-corrected chi connectivity index (χ1v) is 11.1. The summed E-state index contributed by atoms with van der Waals surface area (Å²) in [5.41, 5.74) is 1.85. The van der Waals surface area contributed by atoms with Gasteiger partial charge < -0.3 is 19.5 Å². The first kappa shape index (κ1) is 21.2. The highest BCUT2D eigenvalue weighted by molar-refractivity contribution is 8.15. The van der Waals surface area contributed by atoms with Crippen LogP contribution in [0.4, 0.5) is 0 Å². The van der Waals surface area contributed by atoms with E-state index in [1.54, 1.807) is 6.07 Å². The molecule has 1 fully saturated rings. The average Bonchev–Trinajstić information content (AvgIpc) is 3.06. The van der Waals surface area contributed by atoms with Gasteiger partial charge in [-0.2, -0.15) is 0 Å². The van der Waals surface area contributed by atoms with E-state index in [-0.39, 0.29) is 10.9 Å². The molecule has 2 atom stereocenters. The van der Waals surface area contributed by atoms with Gasteiger partial charge >= 0.3 is 0 Å². The molecule has 2 heterocycles. The van der Waals surface area contributed by atoms with Crippen LogP contribution in [0.3, 0.4) is 0 Å². The van der Waals surface area contributed by atoms with Gasteiger partial charge in [-0.05, 0) is 67.6 Å². The third kappa shape index (κ3) is 5.19. The summed E-state index contributed by atoms with van der Waals surface area (Å²) in [4.78, 5) is 10.5. The largest absolute Gasteiger partial charge is 0.493 e. The Bertz CT molecular complexity index is 995. The number of aryl methyl sites for hydroxylation is 1. The van der Waals surface area contributed by atoms with Gasteiger partial charge in [0.05, 0.1) is 11.9 Å². The van der Waals surface area contributed by atoms with E-state index in [1.807, 2.05) is 36.4 Å². The van der Waals surface area contributed by atoms with Crippen molar-refractivity contribution in [3.63, 3.8) is 0 Å². The minimum absolute atomic E-state index is 0.0216. The predicted octanol–water partition coefficient (Wildman–Crippen LogP) is 3.93. The maximum atomic E-state index is 10.5. The molecule has 7 nitrogen and oxygen atoms in total. The van der Waals surface area contributed by atoms with E-state index in [4.69, 9.17) is 25.0 Å². The van der Waals surface area contributed by atoms with Crippen LogP contribution in [0.1, 0.15) is 30.9 Å². The molecule has 2 aromatic carbocycles. The van der Waals surface area contributed by atoms with Crippen LogP contribution in [0, 0.1) is 10.8 Å². The van der Waals surface area contributed by atoms with Crippen molar-refractivity contribution in [2.75, 3.05) is 6.61 Å². The molecule has 0 aromatic heterocycles. The summed E-state index contributed by atoms with van der Waals surface area (Å²) in [6, 6.07) is 13.4. The Labute approximate surface area is 185 Å². The molecule has 0 spiro atoms. The number of ether oxygens (including phenoxy) is 3. The van der Waals surface area contributed by atoms with Crippen LogP contribution in [-0.2, 0) is 17.6 Å². The summed E-state index contributed by atoms with van der Waals surface area (Å²) in [5, 5.41) is 18.6. The quantitative estimate of drug-likeness (QED) is 0.538. The van der Waals surface area contributed by atoms with Gasteiger partial charge in [-0.25, -0.2) is 0 Å². The summed E-state index contributed by atoms with van der Waals surface area (Å²) < 4.78 is 17.1. The van der Waals surface area contributed by atoms with E-state index in [2.05, 4.69) is 12.2 Å². The molecule has 2 unspecified atom stereocenters. The van der Waals surface area contributed by atoms with Crippen molar-refractivity contribution in [3.05, 3.63) is 53.6 Å². The molecule has 1 saturated heterocycles. The van der Waals surface area contributed by atoms with Gasteiger partial charge in [0.25, 0.3) is 6.47 Å². The molecule has 162 valence electrons. The lowest BCUT2D eigenvalue weighted by molar-refractivity contribution is -0.120. The number of fused-ring (bicyclic) bond motifs is 1. The number of nitrogens with one attached hydrogen (secondary N) is 3. The Balaban J connectivity index is 1.27. The third-order valence-corrected chi connectivity index (χ3v) is 6.59. The minimum atomic E-state index is -0.308. The molecule has 4 rings (SSSR count). The summed E-state index contributed by atoms with van der Waals surface area (Å²) in [5.74, 6) is 2.56. The van der Waals surface area contributed by atoms with Crippen molar-refractivity contribution in [1.82, 2.24) is 5.32 Å². The summed E-state index contributed by atoms with van der Waals surface area (Å²) in [6.07, 6.45) is 3.19. The van der Waals surface area contributed by atoms with E-state index < -0.39 is 0 Å². The third-order valence-electron chi connectivity index (χ3n) is 5.57. The van der Waals surface area contributed by atoms with E-state index >= 15 is 0 Å². The normalized spacial score (nSPS) is 22.3. The highest BCUT2D eigenvalue weighted by atomic mass is 32.2. The van der Waals surface area contributed by atoms with Crippen molar-refractivity contribution in [1.29, 1.82) is 10.8 Å². The Morgan fingerprint density at radius 2 is 2.00 bits per heavy atom. The van der Waals surface area contributed by atoms with E-state index in [1.165, 1.54) is 11.8 Å². The van der Waals surface area contributed by atoms with Crippen molar-refractivity contribution in [2.24, 2.45) is 0 Å². The Morgan fingerprint density at radius 3 is 2.71 bits per heavy atom. The second-order valence-electron chi connectivity index (χ2n) is 7.96. The molecule has 2 aliphatic heterocycles. The molecule has 2 aromatic rings. The number of hydrogen-bond acceptors (Lipinski definition) is 7. The van der Waals surface area contributed by atoms with Crippen LogP contribution < -0.4 is 19.5 Å². The topological polar surface area (TPSA) is 104 Å². The summed E-state index contributed by atoms with van der Waals surface area (Å²) >= 11 is 1.38. The smallest absolute Gasteiger partial charge is 0.298 e. The monoisotopic (exact) mass is 439 g/mol. The molecule has 0 aliphatic carbocycles. The molecule has 3 N–H and O–H groups in total. The highest BCUT2D eigenvalue weighted by Crippen LogP contribution is 2.37. The second kappa shape index (κ2) is 9.01. The fraction of sp³-hybridized carbons (Fsp3) is 0.348. The molecule has 0 amide bonds. The summed E-state index contributed by atoms with van der Waals surface area (Å²) in [6.45, 7) is 3.07. The van der Waals surface area contributed by atoms with Crippen LogP contribution in [-0.4, -0.2) is 34.9 Å². The lowest BCUT2D eigenvalue weighted by Crippen LogP contribution is -2.37. The van der Waals surface area contributed by atoms with Crippen LogP contribution in [0.5, 0.6) is 17.2 Å². The van der Waals surface area contributed by atoms with Gasteiger partial charge in [-0.15, -0.1) is 0 Å². The van der Waals surface area contributed by atoms with E-state index in [9.17, 15) is 4.79 Å². The lowest BCUT2D eigenvalue weighted by Gasteiger charge is -2.36. The number of carbonyl (C=O) groups excluding carboxylic acids is 1. The molecule has 8 heteroatoms. The molecular weight excluding hydrogens is 414 g/mol. The van der Waals surface area contributed by atoms with Crippen molar-refractivity contribution in [3.8, 4) is 17.2 Å². The van der Waals surface area contributed by atoms with Gasteiger partial charge in [0.2, 0.25) is 0 Å². The summed E-state index contributed by atoms with van der Waals surface area (Å²) in [7, 11) is 0. The molecule has 0 radical (unpaired) electrons. The number of thioether (sulfide) groups is 1. The van der Waals surface area contributed by atoms with Gasteiger partial charge in [-0.3, -0.25) is 15.6 Å². The molecule has 2 aliphatic rings. The van der Waals surface area contributed by atoms with Crippen molar-refractivity contribution in [2.45, 2.75) is 43.5 Å². The fourth-order valence-electron chi connectivity index (χ4n) is 3.77. The first-order chi connectivity index (χ1) is 14.9. The second-order valence-corrected chi connectivity index (χ2v) is 9.17. The van der Waals surface area contributed by atoms with Crippen LogP contribution in [0.25, 0.3) is 0 Å². The maximum Gasteiger partial charge on any atom is 0.298 e. The lowest BCUT2D eigenvalue weighted by atomic mass is 9.90. The minimum Gasteiger partial charge on any atom is -0.493 e. The van der Waals surface area contributed by atoms with Gasteiger partial charge in [0.15, 0.2) is 5.17 Å². The van der Waals surface area contributed by atoms with Crippen molar-refractivity contribution < 1.29 is 19.0 Å². The maximum absolute atomic E-state index is 10.5. The Morgan fingerprint density at radius 1 is 1.23 bits per heavy atom. The SMILES string of the molecule is CC1(CCOc2ccc(CC3SC(=N)NC3=N)cc2)CCc2cc(OC=O)ccc2O1. The number of hydrogen-bond donors (Lipinski definition) is 3. The Kier molecular flexibility index (Phi) is 6.18. The predicted molar refractivity (Wildman–Crippen MR) is 121 cm³/mol. The highest BCUT2D eigenvalue weighted by Gasteiger charge is 2.32. The zero-order valence-corrected chi connectivity index (χ0v) is 18.1. The number of benzene rings is 2. The number of amidine groups is 2. The van der Waals surface area contributed by atoms with Crippen molar-refractivity contribution >= 4 is 29.2 Å². The van der Waals surface area contributed by atoms with Gasteiger partial charge in [0.1, 0.15) is 28.7 Å². The number of rotatable bonds is 8.